The number of benzene rings is 2. The first-order valence-electron chi connectivity index (χ1n) is 10.6. The molecule has 7 heteroatoms. The molecule has 164 valence electrons. The predicted molar refractivity (Wildman–Crippen MR) is 132 cm³/mol. The maximum absolute atomic E-state index is 11.6. The van der Waals surface area contributed by atoms with Crippen LogP contribution in [0, 0.1) is 6.92 Å². The van der Waals surface area contributed by atoms with Gasteiger partial charge in [-0.05, 0) is 79.3 Å². The van der Waals surface area contributed by atoms with E-state index in [9.17, 15) is 9.90 Å². The molecule has 0 unspecified atom stereocenters. The van der Waals surface area contributed by atoms with Crippen molar-refractivity contribution in [2.45, 2.75) is 19.0 Å². The lowest BCUT2D eigenvalue weighted by Crippen LogP contribution is -2.30. The summed E-state index contributed by atoms with van der Waals surface area (Å²) in [5.74, 6) is -0.956. The highest BCUT2D eigenvalue weighted by Crippen LogP contribution is 2.42. The van der Waals surface area contributed by atoms with Crippen LogP contribution in [0.25, 0.3) is 5.69 Å². The standard InChI is InChI=1S/C26H22N4O2S/c1-17-7-4-10-20(15-17)30-24(23(28-26(30)33)21-11-2-3-13-27-21)22-12-6-14-29(22)19-9-5-8-18(16-19)25(31)32/h2-16,23-24H,1H3,(H,28,33)(H,31,32)/t23-,24+/m1/s1. The van der Waals surface area contributed by atoms with E-state index >= 15 is 0 Å². The lowest BCUT2D eigenvalue weighted by Gasteiger charge is -2.29. The zero-order valence-electron chi connectivity index (χ0n) is 17.9. The van der Waals surface area contributed by atoms with E-state index in [2.05, 4.69) is 34.3 Å². The number of carboxylic acid groups (broad SMARTS) is 1. The molecule has 2 aromatic heterocycles. The van der Waals surface area contributed by atoms with Gasteiger partial charge in [0.1, 0.15) is 6.04 Å². The van der Waals surface area contributed by atoms with Crippen molar-refractivity contribution in [2.75, 3.05) is 4.90 Å². The van der Waals surface area contributed by atoms with E-state index < -0.39 is 5.97 Å². The third-order valence-corrected chi connectivity index (χ3v) is 6.15. The first-order chi connectivity index (χ1) is 16.0. The van der Waals surface area contributed by atoms with Crippen LogP contribution >= 0.6 is 12.2 Å². The molecule has 2 atom stereocenters. The van der Waals surface area contributed by atoms with Crippen LogP contribution in [0.1, 0.15) is 39.4 Å². The van der Waals surface area contributed by atoms with Crippen LogP contribution in [0.4, 0.5) is 5.69 Å². The van der Waals surface area contributed by atoms with Crippen LogP contribution in [-0.4, -0.2) is 25.7 Å². The number of pyridine rings is 1. The largest absolute Gasteiger partial charge is 0.478 e. The van der Waals surface area contributed by atoms with Gasteiger partial charge in [0.15, 0.2) is 5.11 Å². The molecule has 3 heterocycles. The van der Waals surface area contributed by atoms with E-state index in [0.29, 0.717) is 5.11 Å². The Bertz CT molecular complexity index is 1330. The van der Waals surface area contributed by atoms with Gasteiger partial charge in [-0.1, -0.05) is 24.3 Å². The highest BCUT2D eigenvalue weighted by Gasteiger charge is 2.42. The number of hydrogen-bond donors (Lipinski definition) is 2. The topological polar surface area (TPSA) is 70.4 Å². The molecular formula is C26H22N4O2S. The predicted octanol–water partition coefficient (Wildman–Crippen LogP) is 5.06. The molecule has 1 aliphatic rings. The highest BCUT2D eigenvalue weighted by molar-refractivity contribution is 7.80. The number of nitrogens with one attached hydrogen (secondary N) is 1. The fourth-order valence-corrected chi connectivity index (χ4v) is 4.72. The molecule has 0 amide bonds. The highest BCUT2D eigenvalue weighted by atomic mass is 32.1. The minimum absolute atomic E-state index is 0.185. The Hall–Kier alpha value is -3.97. The molecule has 5 rings (SSSR count). The second kappa shape index (κ2) is 8.52. The van der Waals surface area contributed by atoms with Gasteiger partial charge >= 0.3 is 5.97 Å². The van der Waals surface area contributed by atoms with Crippen molar-refractivity contribution in [3.8, 4) is 5.69 Å². The number of aromatic nitrogens is 2. The second-order valence-electron chi connectivity index (χ2n) is 7.99. The van der Waals surface area contributed by atoms with Crippen LogP contribution in [0.5, 0.6) is 0 Å². The first-order valence-corrected chi connectivity index (χ1v) is 11.0. The lowest BCUT2D eigenvalue weighted by atomic mass is 10.0. The molecule has 4 aromatic rings. The van der Waals surface area contributed by atoms with Gasteiger partial charge in [0.2, 0.25) is 0 Å². The Morgan fingerprint density at radius 1 is 1.00 bits per heavy atom. The number of aryl methyl sites for hydroxylation is 1. The summed E-state index contributed by atoms with van der Waals surface area (Å²) in [6.07, 6.45) is 3.73. The minimum Gasteiger partial charge on any atom is -0.478 e. The van der Waals surface area contributed by atoms with Crippen LogP contribution in [0.3, 0.4) is 0 Å². The first kappa shape index (κ1) is 20.9. The number of nitrogens with zero attached hydrogens (tertiary/aromatic N) is 3. The lowest BCUT2D eigenvalue weighted by molar-refractivity contribution is 0.0697. The summed E-state index contributed by atoms with van der Waals surface area (Å²) in [5.41, 5.74) is 5.00. The SMILES string of the molecule is Cc1cccc(N2C(=S)N[C@H](c3ccccn3)[C@@H]2c2cccn2-c2cccc(C(=O)O)c2)c1. The van der Waals surface area contributed by atoms with Crippen molar-refractivity contribution >= 4 is 29.0 Å². The normalized spacial score (nSPS) is 17.7. The van der Waals surface area contributed by atoms with Gasteiger partial charge in [-0.2, -0.15) is 0 Å². The average molecular weight is 455 g/mol. The Balaban J connectivity index is 1.67. The Labute approximate surface area is 197 Å². The van der Waals surface area contributed by atoms with Gasteiger partial charge in [0.05, 0.1) is 17.3 Å². The number of anilines is 1. The monoisotopic (exact) mass is 454 g/mol. The van der Waals surface area contributed by atoms with Gasteiger partial charge in [-0.3, -0.25) is 4.98 Å². The molecule has 2 aromatic carbocycles. The fourth-order valence-electron chi connectivity index (χ4n) is 4.37. The summed E-state index contributed by atoms with van der Waals surface area (Å²) in [6, 6.07) is 24.7. The van der Waals surface area contributed by atoms with E-state index in [1.807, 2.05) is 59.3 Å². The molecule has 1 fully saturated rings. The number of aromatic carboxylic acids is 1. The molecule has 33 heavy (non-hydrogen) atoms. The molecule has 0 saturated carbocycles. The smallest absolute Gasteiger partial charge is 0.335 e. The average Bonchev–Trinajstić information content (AvgIpc) is 3.44. The quantitative estimate of drug-likeness (QED) is 0.411. The second-order valence-corrected chi connectivity index (χ2v) is 8.38. The van der Waals surface area contributed by atoms with Crippen molar-refractivity contribution in [2.24, 2.45) is 0 Å². The van der Waals surface area contributed by atoms with Gasteiger partial charge in [0, 0.05) is 29.5 Å². The maximum Gasteiger partial charge on any atom is 0.335 e. The minimum atomic E-state index is -0.956. The number of thiocarbonyl (C=S) groups is 1. The van der Waals surface area contributed by atoms with E-state index in [-0.39, 0.29) is 17.6 Å². The molecule has 0 radical (unpaired) electrons. The zero-order valence-corrected chi connectivity index (χ0v) is 18.7. The van der Waals surface area contributed by atoms with Gasteiger partial charge in [-0.25, -0.2) is 4.79 Å². The summed E-state index contributed by atoms with van der Waals surface area (Å²) in [6.45, 7) is 2.06. The number of rotatable bonds is 5. The van der Waals surface area contributed by atoms with Crippen molar-refractivity contribution in [3.05, 3.63) is 114 Å². The summed E-state index contributed by atoms with van der Waals surface area (Å²) in [5, 5.41) is 13.6. The fraction of sp³-hybridized carbons (Fsp3) is 0.115. The summed E-state index contributed by atoms with van der Waals surface area (Å²) < 4.78 is 2.02. The Morgan fingerprint density at radius 2 is 1.82 bits per heavy atom. The van der Waals surface area contributed by atoms with Crippen LogP contribution < -0.4 is 10.2 Å². The Morgan fingerprint density at radius 3 is 2.58 bits per heavy atom. The van der Waals surface area contributed by atoms with Crippen LogP contribution in [0.2, 0.25) is 0 Å². The van der Waals surface area contributed by atoms with Crippen molar-refractivity contribution < 1.29 is 9.90 Å². The van der Waals surface area contributed by atoms with Crippen molar-refractivity contribution in [1.82, 2.24) is 14.9 Å². The maximum atomic E-state index is 11.6. The molecule has 6 nitrogen and oxygen atoms in total. The number of carbonyl (C=O) groups is 1. The van der Waals surface area contributed by atoms with Gasteiger partial charge in [0.25, 0.3) is 0 Å². The number of carboxylic acids is 1. The number of hydrogen-bond acceptors (Lipinski definition) is 3. The van der Waals surface area contributed by atoms with E-state index in [1.165, 1.54) is 0 Å². The van der Waals surface area contributed by atoms with Crippen molar-refractivity contribution in [1.29, 1.82) is 0 Å². The third-order valence-electron chi connectivity index (χ3n) is 5.83. The van der Waals surface area contributed by atoms with E-state index in [4.69, 9.17) is 12.2 Å². The van der Waals surface area contributed by atoms with E-state index in [0.717, 1.165) is 28.3 Å². The summed E-state index contributed by atoms with van der Waals surface area (Å²) in [4.78, 5) is 18.3. The Kier molecular flexibility index (Phi) is 5.40. The zero-order chi connectivity index (χ0) is 22.9. The van der Waals surface area contributed by atoms with Crippen LogP contribution in [0.15, 0.2) is 91.3 Å². The third kappa shape index (κ3) is 3.87. The van der Waals surface area contributed by atoms with Gasteiger partial charge in [-0.15, -0.1) is 0 Å². The summed E-state index contributed by atoms with van der Waals surface area (Å²) in [7, 11) is 0. The molecule has 1 saturated heterocycles. The molecule has 1 aliphatic heterocycles. The molecular weight excluding hydrogens is 432 g/mol. The van der Waals surface area contributed by atoms with Gasteiger partial charge < -0.3 is 19.9 Å². The molecule has 0 bridgehead atoms. The molecule has 0 spiro atoms. The van der Waals surface area contributed by atoms with E-state index in [1.54, 1.807) is 24.4 Å². The molecule has 2 N–H and O–H groups in total. The summed E-state index contributed by atoms with van der Waals surface area (Å²) >= 11 is 5.81. The van der Waals surface area contributed by atoms with Crippen LogP contribution in [-0.2, 0) is 0 Å². The van der Waals surface area contributed by atoms with Crippen molar-refractivity contribution in [3.63, 3.8) is 0 Å². The molecule has 0 aliphatic carbocycles.